The van der Waals surface area contributed by atoms with Crippen LogP contribution in [0.5, 0.6) is 11.5 Å². The molecule has 9 nitrogen and oxygen atoms in total. The summed E-state index contributed by atoms with van der Waals surface area (Å²) < 4.78 is 11.5. The predicted octanol–water partition coefficient (Wildman–Crippen LogP) is 3.75. The van der Waals surface area contributed by atoms with Gasteiger partial charge >= 0.3 is 11.6 Å². The molecule has 1 aliphatic carbocycles. The normalized spacial score (nSPS) is 14.8. The van der Waals surface area contributed by atoms with Gasteiger partial charge in [0.1, 0.15) is 23.1 Å². The first kappa shape index (κ1) is 24.4. The molecule has 192 valence electrons. The summed E-state index contributed by atoms with van der Waals surface area (Å²) in [5.41, 5.74) is 3.88. The highest BCUT2D eigenvalue weighted by Crippen LogP contribution is 2.33. The Bertz CT molecular complexity index is 1580. The van der Waals surface area contributed by atoms with Gasteiger partial charge in [0.2, 0.25) is 0 Å². The van der Waals surface area contributed by atoms with E-state index in [2.05, 4.69) is 10.3 Å². The highest BCUT2D eigenvalue weighted by molar-refractivity contribution is 5.89. The maximum Gasteiger partial charge on any atom is 0.339 e. The van der Waals surface area contributed by atoms with Gasteiger partial charge in [0, 0.05) is 40.0 Å². The molecule has 0 aliphatic heterocycles. The summed E-state index contributed by atoms with van der Waals surface area (Å²) in [6.07, 6.45) is 4.20. The van der Waals surface area contributed by atoms with Crippen molar-refractivity contribution in [2.45, 2.75) is 58.1 Å². The maximum absolute atomic E-state index is 12.9. The molecule has 0 radical (unpaired) electrons. The zero-order valence-corrected chi connectivity index (χ0v) is 20.6. The number of aromatic hydroxyl groups is 1. The molecule has 4 N–H and O–H groups in total. The van der Waals surface area contributed by atoms with Gasteiger partial charge in [-0.25, -0.2) is 9.59 Å². The van der Waals surface area contributed by atoms with Crippen molar-refractivity contribution >= 4 is 33.7 Å². The van der Waals surface area contributed by atoms with Crippen LogP contribution >= 0.6 is 0 Å². The van der Waals surface area contributed by atoms with Crippen molar-refractivity contribution in [2.75, 3.05) is 0 Å². The molecule has 2 unspecified atom stereocenters. The molecule has 0 saturated heterocycles. The number of nitrogens with one attached hydrogen (secondary N) is 2. The van der Waals surface area contributed by atoms with E-state index in [-0.39, 0.29) is 17.8 Å². The third kappa shape index (κ3) is 4.64. The van der Waals surface area contributed by atoms with Gasteiger partial charge < -0.3 is 29.7 Å². The summed E-state index contributed by atoms with van der Waals surface area (Å²) in [5.74, 6) is -1.34. The highest BCUT2D eigenvalue weighted by Gasteiger charge is 2.26. The SMILES string of the molecule is Cc1c(OC(C)C(=O)NC(Cc2c[nH]c3ccc(O)cc23)C(=O)O)ccc2c3c(c(=O)oc12)CCCC3. The van der Waals surface area contributed by atoms with Crippen molar-refractivity contribution in [1.82, 2.24) is 10.3 Å². The second-order valence-electron chi connectivity index (χ2n) is 9.53. The van der Waals surface area contributed by atoms with E-state index in [1.807, 2.05) is 6.07 Å². The first-order valence-electron chi connectivity index (χ1n) is 12.3. The van der Waals surface area contributed by atoms with E-state index < -0.39 is 24.0 Å². The van der Waals surface area contributed by atoms with Crippen LogP contribution in [-0.4, -0.2) is 39.2 Å². The number of aromatic amines is 1. The van der Waals surface area contributed by atoms with Gasteiger partial charge in [-0.3, -0.25) is 4.79 Å². The molecule has 2 aromatic heterocycles. The zero-order chi connectivity index (χ0) is 26.3. The average molecular weight is 505 g/mol. The van der Waals surface area contributed by atoms with Gasteiger partial charge in [-0.1, -0.05) is 0 Å². The van der Waals surface area contributed by atoms with Crippen molar-refractivity contribution in [3.05, 3.63) is 69.2 Å². The number of aryl methyl sites for hydroxylation is 2. The summed E-state index contributed by atoms with van der Waals surface area (Å²) in [6, 6.07) is 7.17. The fraction of sp³-hybridized carbons (Fsp3) is 0.321. The minimum absolute atomic E-state index is 0.0164. The molecule has 2 atom stereocenters. The Morgan fingerprint density at radius 2 is 1.89 bits per heavy atom. The van der Waals surface area contributed by atoms with Crippen molar-refractivity contribution in [3.63, 3.8) is 0 Å². The number of carboxylic acid groups (broad SMARTS) is 1. The summed E-state index contributed by atoms with van der Waals surface area (Å²) in [4.78, 5) is 40.4. The lowest BCUT2D eigenvalue weighted by Crippen LogP contribution is -2.47. The molecule has 1 amide bonds. The molecule has 2 aromatic carbocycles. The standard InChI is InChI=1S/C28H28N2O7/c1-14-24(10-8-19-18-5-3-4-6-20(18)28(35)37-25(14)19)36-15(2)26(32)30-23(27(33)34)11-16-13-29-22-9-7-17(31)12-21(16)22/h7-10,12-13,15,23,29,31H,3-6,11H2,1-2H3,(H,30,32)(H,33,34). The Morgan fingerprint density at radius 1 is 1.14 bits per heavy atom. The van der Waals surface area contributed by atoms with Gasteiger partial charge in [-0.2, -0.15) is 0 Å². The molecule has 0 saturated carbocycles. The van der Waals surface area contributed by atoms with Gasteiger partial charge in [-0.15, -0.1) is 0 Å². The highest BCUT2D eigenvalue weighted by atomic mass is 16.5. The number of H-pyrrole nitrogens is 1. The Balaban J connectivity index is 1.34. The number of carbonyl (C=O) groups is 2. The number of hydrogen-bond donors (Lipinski definition) is 4. The molecule has 4 aromatic rings. The van der Waals surface area contributed by atoms with Crippen molar-refractivity contribution in [1.29, 1.82) is 0 Å². The van der Waals surface area contributed by atoms with Crippen LogP contribution in [0.2, 0.25) is 0 Å². The van der Waals surface area contributed by atoms with Gasteiger partial charge in [-0.05, 0) is 81.0 Å². The fourth-order valence-electron chi connectivity index (χ4n) is 5.04. The fourth-order valence-corrected chi connectivity index (χ4v) is 5.04. The lowest BCUT2D eigenvalue weighted by Gasteiger charge is -2.21. The van der Waals surface area contributed by atoms with Crippen LogP contribution in [0, 0.1) is 6.92 Å². The number of phenolic OH excluding ortho intramolecular Hbond substituents is 1. The van der Waals surface area contributed by atoms with E-state index in [1.54, 1.807) is 31.3 Å². The van der Waals surface area contributed by atoms with Crippen LogP contribution in [0.3, 0.4) is 0 Å². The smallest absolute Gasteiger partial charge is 0.339 e. The second kappa shape index (κ2) is 9.65. The summed E-state index contributed by atoms with van der Waals surface area (Å²) >= 11 is 0. The van der Waals surface area contributed by atoms with E-state index in [4.69, 9.17) is 9.15 Å². The van der Waals surface area contributed by atoms with E-state index in [9.17, 15) is 24.6 Å². The van der Waals surface area contributed by atoms with Crippen LogP contribution < -0.4 is 15.7 Å². The number of phenols is 1. The van der Waals surface area contributed by atoms with E-state index in [0.717, 1.165) is 41.3 Å². The molecule has 0 bridgehead atoms. The number of aromatic nitrogens is 1. The van der Waals surface area contributed by atoms with Crippen LogP contribution in [0.4, 0.5) is 0 Å². The Kier molecular flexibility index (Phi) is 6.37. The molecule has 2 heterocycles. The van der Waals surface area contributed by atoms with Crippen LogP contribution in [-0.2, 0) is 28.9 Å². The van der Waals surface area contributed by atoms with Crippen LogP contribution in [0.1, 0.15) is 42.0 Å². The number of rotatable bonds is 7. The minimum atomic E-state index is -1.21. The van der Waals surface area contributed by atoms with Crippen LogP contribution in [0.25, 0.3) is 21.9 Å². The zero-order valence-electron chi connectivity index (χ0n) is 20.6. The number of aliphatic carboxylic acids is 1. The van der Waals surface area contributed by atoms with E-state index >= 15 is 0 Å². The number of carbonyl (C=O) groups excluding carboxylic acids is 1. The first-order chi connectivity index (χ1) is 17.7. The molecule has 9 heteroatoms. The Hall–Kier alpha value is -4.27. The van der Waals surface area contributed by atoms with E-state index in [0.29, 0.717) is 34.3 Å². The van der Waals surface area contributed by atoms with Crippen molar-refractivity contribution in [2.24, 2.45) is 0 Å². The molecular formula is C28H28N2O7. The largest absolute Gasteiger partial charge is 0.508 e. The molecule has 37 heavy (non-hydrogen) atoms. The monoisotopic (exact) mass is 504 g/mol. The second-order valence-corrected chi connectivity index (χ2v) is 9.53. The molecule has 0 fully saturated rings. The lowest BCUT2D eigenvalue weighted by molar-refractivity contribution is -0.142. The van der Waals surface area contributed by atoms with Gasteiger partial charge in [0.05, 0.1) is 0 Å². The average Bonchev–Trinajstić information content (AvgIpc) is 3.27. The third-order valence-electron chi connectivity index (χ3n) is 7.05. The number of benzene rings is 2. The Labute approximate surface area is 212 Å². The predicted molar refractivity (Wildman–Crippen MR) is 137 cm³/mol. The van der Waals surface area contributed by atoms with Gasteiger partial charge in [0.15, 0.2) is 6.10 Å². The van der Waals surface area contributed by atoms with Crippen molar-refractivity contribution < 1.29 is 29.0 Å². The molecule has 0 spiro atoms. The maximum atomic E-state index is 12.9. The quantitative estimate of drug-likeness (QED) is 0.281. The lowest BCUT2D eigenvalue weighted by atomic mass is 9.90. The summed E-state index contributed by atoms with van der Waals surface area (Å²) in [6.45, 7) is 3.30. The topological polar surface area (TPSA) is 142 Å². The minimum Gasteiger partial charge on any atom is -0.508 e. The third-order valence-corrected chi connectivity index (χ3v) is 7.05. The summed E-state index contributed by atoms with van der Waals surface area (Å²) in [5, 5.41) is 23.7. The molecular weight excluding hydrogens is 476 g/mol. The Morgan fingerprint density at radius 3 is 2.65 bits per heavy atom. The number of amides is 1. The molecule has 5 rings (SSSR count). The van der Waals surface area contributed by atoms with Crippen molar-refractivity contribution in [3.8, 4) is 11.5 Å². The number of hydrogen-bond acceptors (Lipinski definition) is 6. The van der Waals surface area contributed by atoms with Gasteiger partial charge in [0.25, 0.3) is 5.91 Å². The number of carboxylic acids is 1. The van der Waals surface area contributed by atoms with E-state index in [1.165, 1.54) is 13.0 Å². The first-order valence-corrected chi connectivity index (χ1v) is 12.3. The number of fused-ring (bicyclic) bond motifs is 4. The summed E-state index contributed by atoms with van der Waals surface area (Å²) in [7, 11) is 0. The van der Waals surface area contributed by atoms with Crippen LogP contribution in [0.15, 0.2) is 45.7 Å². The number of ether oxygens (including phenoxy) is 1. The molecule has 1 aliphatic rings.